The van der Waals surface area contributed by atoms with E-state index < -0.39 is 5.91 Å². The number of nitrogens with one attached hydrogen (secondary N) is 3. The van der Waals surface area contributed by atoms with Crippen LogP contribution in [0, 0.1) is 0 Å². The van der Waals surface area contributed by atoms with Gasteiger partial charge in [-0.05, 0) is 42.7 Å². The van der Waals surface area contributed by atoms with Crippen LogP contribution in [0.25, 0.3) is 0 Å². The zero-order valence-corrected chi connectivity index (χ0v) is 17.6. The number of rotatable bonds is 6. The van der Waals surface area contributed by atoms with Crippen molar-refractivity contribution in [3.8, 4) is 23.0 Å². The fourth-order valence-electron chi connectivity index (χ4n) is 4.19. The molecule has 9 nitrogen and oxygen atoms in total. The molecule has 2 aromatic rings. The number of benzene rings is 2. The monoisotopic (exact) mass is 428 g/mol. The number of aryl methyl sites for hydroxylation is 1. The van der Waals surface area contributed by atoms with Crippen LogP contribution in [0.15, 0.2) is 30.3 Å². The summed E-state index contributed by atoms with van der Waals surface area (Å²) in [6.07, 6.45) is 0.678. The second-order valence-corrected chi connectivity index (χ2v) is 7.71. The minimum atomic E-state index is -0.445. The summed E-state index contributed by atoms with van der Waals surface area (Å²) in [5.41, 5.74) is 11.4. The Hall–Kier alpha value is -3.01. The van der Waals surface area contributed by atoms with Crippen LogP contribution < -0.4 is 36.3 Å². The number of phenols is 1. The maximum Gasteiger partial charge on any atom is 0.271 e. The minimum Gasteiger partial charge on any atom is -0.507 e. The lowest BCUT2D eigenvalue weighted by Gasteiger charge is -2.26. The molecule has 2 aromatic carbocycles. The third-order valence-corrected chi connectivity index (χ3v) is 5.76. The highest BCUT2D eigenvalue weighted by Crippen LogP contribution is 2.44. The van der Waals surface area contributed by atoms with Crippen molar-refractivity contribution in [1.82, 2.24) is 16.3 Å². The average Bonchev–Trinajstić information content (AvgIpc) is 3.18. The lowest BCUT2D eigenvalue weighted by atomic mass is 9.83. The fraction of sp³-hybridized carbons (Fsp3) is 0.409. The molecule has 3 atom stereocenters. The Balaban J connectivity index is 1.65. The number of carbonyl (C=O) groups excluding carboxylic acids is 1. The Bertz CT molecular complexity index is 967. The molecule has 31 heavy (non-hydrogen) atoms. The summed E-state index contributed by atoms with van der Waals surface area (Å²) in [5.74, 6) is 6.75. The molecule has 1 fully saturated rings. The van der Waals surface area contributed by atoms with Crippen LogP contribution in [0.4, 0.5) is 0 Å². The topological polar surface area (TPSA) is 127 Å². The van der Waals surface area contributed by atoms with Crippen LogP contribution in [0.5, 0.6) is 23.0 Å². The Kier molecular flexibility index (Phi) is 6.17. The van der Waals surface area contributed by atoms with E-state index in [0.717, 1.165) is 28.2 Å². The van der Waals surface area contributed by atoms with Gasteiger partial charge in [-0.25, -0.2) is 11.3 Å². The molecule has 1 saturated heterocycles. The van der Waals surface area contributed by atoms with Crippen molar-refractivity contribution in [1.29, 1.82) is 0 Å². The zero-order chi connectivity index (χ0) is 22.0. The van der Waals surface area contributed by atoms with Crippen LogP contribution in [0.2, 0.25) is 0 Å². The maximum absolute atomic E-state index is 11.4. The van der Waals surface area contributed by atoms with Gasteiger partial charge in [0.25, 0.3) is 5.91 Å². The summed E-state index contributed by atoms with van der Waals surface area (Å²) in [6, 6.07) is 9.40. The van der Waals surface area contributed by atoms with E-state index in [4.69, 9.17) is 20.1 Å². The van der Waals surface area contributed by atoms with Gasteiger partial charge in [-0.1, -0.05) is 13.0 Å². The van der Waals surface area contributed by atoms with Gasteiger partial charge in [0, 0.05) is 23.6 Å². The summed E-state index contributed by atoms with van der Waals surface area (Å²) in [5, 5.41) is 10.8. The molecule has 0 radical (unpaired) electrons. The first kappa shape index (κ1) is 21.2. The lowest BCUT2D eigenvalue weighted by Crippen LogP contribution is -2.34. The molecular weight excluding hydrogens is 400 g/mol. The summed E-state index contributed by atoms with van der Waals surface area (Å²) in [7, 11) is 0. The molecule has 2 aliphatic heterocycles. The number of hydrazine groups is 2. The van der Waals surface area contributed by atoms with Crippen LogP contribution in [0.1, 0.15) is 42.5 Å². The van der Waals surface area contributed by atoms with Crippen molar-refractivity contribution in [2.45, 2.75) is 38.3 Å². The molecule has 166 valence electrons. The molecule has 3 unspecified atom stereocenters. The molecule has 6 N–H and O–H groups in total. The quantitative estimate of drug-likeness (QED) is 0.266. The molecule has 0 aromatic heterocycles. The molecule has 0 aliphatic carbocycles. The van der Waals surface area contributed by atoms with E-state index in [9.17, 15) is 9.90 Å². The largest absolute Gasteiger partial charge is 0.507 e. The molecule has 0 saturated carbocycles. The molecule has 2 heterocycles. The second kappa shape index (κ2) is 9.01. The number of aromatic hydroxyl groups is 1. The number of amides is 1. The van der Waals surface area contributed by atoms with Crippen LogP contribution >= 0.6 is 0 Å². The molecule has 4 rings (SSSR count). The predicted octanol–water partition coefficient (Wildman–Crippen LogP) is 1.42. The molecular formula is C22H28N4O5. The third-order valence-electron chi connectivity index (χ3n) is 5.76. The van der Waals surface area contributed by atoms with Gasteiger partial charge in [-0.3, -0.25) is 15.6 Å². The standard InChI is InChI=1S/C22H28N4O5/c1-3-13-8-15(16(27)10-18(13)31-11-20(28)24-23)22-21(12(2)25-26-22)14-4-5-17-19(9-14)30-7-6-29-17/h4-5,8-10,12,21-22,25-27H,3,6-7,11,23H2,1-2H3,(H,24,28). The number of carbonyl (C=O) groups is 1. The number of hydrogen-bond donors (Lipinski definition) is 5. The maximum atomic E-state index is 11.4. The van der Waals surface area contributed by atoms with Gasteiger partial charge in [0.2, 0.25) is 0 Å². The van der Waals surface area contributed by atoms with Gasteiger partial charge in [0.15, 0.2) is 18.1 Å². The van der Waals surface area contributed by atoms with Gasteiger partial charge in [0.05, 0.1) is 6.04 Å². The average molecular weight is 428 g/mol. The van der Waals surface area contributed by atoms with E-state index in [-0.39, 0.29) is 30.4 Å². The Morgan fingerprint density at radius 3 is 2.74 bits per heavy atom. The number of nitrogens with two attached hydrogens (primary N) is 1. The highest BCUT2D eigenvalue weighted by Gasteiger charge is 2.37. The van der Waals surface area contributed by atoms with Crippen LogP contribution in [-0.4, -0.2) is 36.9 Å². The van der Waals surface area contributed by atoms with E-state index in [2.05, 4.69) is 17.8 Å². The summed E-state index contributed by atoms with van der Waals surface area (Å²) >= 11 is 0. The van der Waals surface area contributed by atoms with Crippen molar-refractivity contribution >= 4 is 5.91 Å². The first-order valence-corrected chi connectivity index (χ1v) is 10.4. The minimum absolute atomic E-state index is 0.0428. The van der Waals surface area contributed by atoms with Crippen molar-refractivity contribution in [2.24, 2.45) is 5.84 Å². The molecule has 0 bridgehead atoms. The van der Waals surface area contributed by atoms with E-state index in [0.29, 0.717) is 25.4 Å². The van der Waals surface area contributed by atoms with Crippen molar-refractivity contribution < 1.29 is 24.1 Å². The third kappa shape index (κ3) is 4.25. The molecule has 2 aliphatic rings. The van der Waals surface area contributed by atoms with Crippen LogP contribution in [0.3, 0.4) is 0 Å². The first-order valence-electron chi connectivity index (χ1n) is 10.4. The fourth-order valence-corrected chi connectivity index (χ4v) is 4.19. The molecule has 1 amide bonds. The highest BCUT2D eigenvalue weighted by atomic mass is 16.6. The van der Waals surface area contributed by atoms with Gasteiger partial charge in [-0.15, -0.1) is 0 Å². The van der Waals surface area contributed by atoms with Gasteiger partial charge in [0.1, 0.15) is 24.7 Å². The number of hydrogen-bond acceptors (Lipinski definition) is 8. The number of phenolic OH excluding ortho intramolecular Hbond substituents is 1. The Labute approximate surface area is 180 Å². The second-order valence-electron chi connectivity index (χ2n) is 7.71. The van der Waals surface area contributed by atoms with E-state index in [1.807, 2.05) is 36.6 Å². The smallest absolute Gasteiger partial charge is 0.271 e. The van der Waals surface area contributed by atoms with Crippen LogP contribution in [-0.2, 0) is 11.2 Å². The number of fused-ring (bicyclic) bond motifs is 1. The summed E-state index contributed by atoms with van der Waals surface area (Å²) in [4.78, 5) is 11.4. The number of ether oxygens (including phenoxy) is 3. The van der Waals surface area contributed by atoms with Gasteiger partial charge < -0.3 is 19.3 Å². The lowest BCUT2D eigenvalue weighted by molar-refractivity contribution is -0.123. The van der Waals surface area contributed by atoms with Crippen molar-refractivity contribution in [3.63, 3.8) is 0 Å². The van der Waals surface area contributed by atoms with Crippen molar-refractivity contribution in [2.75, 3.05) is 19.8 Å². The summed E-state index contributed by atoms with van der Waals surface area (Å²) in [6.45, 7) is 4.94. The van der Waals surface area contributed by atoms with Crippen molar-refractivity contribution in [3.05, 3.63) is 47.0 Å². The molecule has 9 heteroatoms. The predicted molar refractivity (Wildman–Crippen MR) is 114 cm³/mol. The highest BCUT2D eigenvalue weighted by molar-refractivity contribution is 5.76. The first-order chi connectivity index (χ1) is 15.0. The van der Waals surface area contributed by atoms with E-state index in [1.165, 1.54) is 0 Å². The SMILES string of the molecule is CCc1cc(C2NNC(C)C2c2ccc3c(c2)OCCO3)c(O)cc1OCC(=O)NN. The zero-order valence-electron chi connectivity index (χ0n) is 17.6. The van der Waals surface area contributed by atoms with E-state index >= 15 is 0 Å². The Morgan fingerprint density at radius 1 is 1.23 bits per heavy atom. The normalized spacial score (nSPS) is 22.2. The van der Waals surface area contributed by atoms with Gasteiger partial charge in [-0.2, -0.15) is 0 Å². The summed E-state index contributed by atoms with van der Waals surface area (Å²) < 4.78 is 17.0. The Morgan fingerprint density at radius 2 is 2.00 bits per heavy atom. The van der Waals surface area contributed by atoms with E-state index in [1.54, 1.807) is 6.07 Å². The molecule has 0 spiro atoms. The van der Waals surface area contributed by atoms with Gasteiger partial charge >= 0.3 is 0 Å².